The van der Waals surface area contributed by atoms with Gasteiger partial charge >= 0.3 is 0 Å². The Morgan fingerprint density at radius 1 is 1.24 bits per heavy atom. The maximum Gasteiger partial charge on any atom is 0.0239 e. The molecule has 1 fully saturated rings. The van der Waals surface area contributed by atoms with Crippen LogP contribution in [0.2, 0.25) is 0 Å². The van der Waals surface area contributed by atoms with Crippen LogP contribution in [0.25, 0.3) is 0 Å². The molecule has 0 radical (unpaired) electrons. The molecule has 1 aliphatic heterocycles. The molecule has 0 saturated carbocycles. The first-order valence-electron chi connectivity index (χ1n) is 6.61. The van der Waals surface area contributed by atoms with Gasteiger partial charge in [0.25, 0.3) is 0 Å². The number of likely N-dealkylation sites (tertiary alicyclic amines) is 1. The highest BCUT2D eigenvalue weighted by atomic mass is 15.1. The lowest BCUT2D eigenvalue weighted by Gasteiger charge is -2.31. The van der Waals surface area contributed by atoms with E-state index in [1.165, 1.54) is 41.6 Å². The molecule has 0 aromatic heterocycles. The predicted octanol–water partition coefficient (Wildman–Crippen LogP) is 2.53. The Morgan fingerprint density at radius 3 is 2.47 bits per heavy atom. The van der Waals surface area contributed by atoms with Gasteiger partial charge in [-0.15, -0.1) is 0 Å². The van der Waals surface area contributed by atoms with Gasteiger partial charge in [0.1, 0.15) is 0 Å². The van der Waals surface area contributed by atoms with Gasteiger partial charge in [-0.05, 0) is 56.8 Å². The third kappa shape index (κ3) is 3.08. The van der Waals surface area contributed by atoms with Crippen molar-refractivity contribution in [3.63, 3.8) is 0 Å². The molecule has 2 nitrogen and oxygen atoms in total. The van der Waals surface area contributed by atoms with E-state index in [0.29, 0.717) is 6.04 Å². The van der Waals surface area contributed by atoms with E-state index in [4.69, 9.17) is 5.73 Å². The van der Waals surface area contributed by atoms with E-state index in [-0.39, 0.29) is 0 Å². The molecule has 2 rings (SSSR count). The molecule has 1 aromatic rings. The quantitative estimate of drug-likeness (QED) is 0.849. The summed E-state index contributed by atoms with van der Waals surface area (Å²) in [7, 11) is 0. The summed E-state index contributed by atoms with van der Waals surface area (Å²) < 4.78 is 0. The molecule has 0 unspecified atom stereocenters. The highest BCUT2D eigenvalue weighted by molar-refractivity contribution is 5.37. The second kappa shape index (κ2) is 5.19. The first-order valence-corrected chi connectivity index (χ1v) is 6.61. The van der Waals surface area contributed by atoms with Crippen molar-refractivity contribution in [2.75, 3.05) is 13.1 Å². The minimum atomic E-state index is 0.370. The van der Waals surface area contributed by atoms with Gasteiger partial charge < -0.3 is 5.73 Å². The average Bonchev–Trinajstić information content (AvgIpc) is 2.23. The summed E-state index contributed by atoms with van der Waals surface area (Å²) in [6, 6.07) is 4.94. The van der Waals surface area contributed by atoms with Crippen molar-refractivity contribution in [3.05, 3.63) is 34.4 Å². The van der Waals surface area contributed by atoms with Crippen molar-refractivity contribution in [2.24, 2.45) is 5.73 Å². The van der Waals surface area contributed by atoms with Crippen LogP contribution in [0.5, 0.6) is 0 Å². The van der Waals surface area contributed by atoms with Gasteiger partial charge in [0.05, 0.1) is 0 Å². The molecule has 1 saturated heterocycles. The van der Waals surface area contributed by atoms with Crippen molar-refractivity contribution in [1.82, 2.24) is 4.90 Å². The molecule has 94 valence electrons. The van der Waals surface area contributed by atoms with E-state index in [9.17, 15) is 0 Å². The number of nitrogens with zero attached hydrogens (tertiary/aromatic N) is 1. The predicted molar refractivity (Wildman–Crippen MR) is 73.1 cm³/mol. The van der Waals surface area contributed by atoms with Gasteiger partial charge in [0, 0.05) is 19.1 Å². The van der Waals surface area contributed by atoms with Crippen molar-refractivity contribution in [1.29, 1.82) is 0 Å². The van der Waals surface area contributed by atoms with Crippen LogP contribution in [-0.2, 0) is 6.54 Å². The lowest BCUT2D eigenvalue weighted by Crippen LogP contribution is -2.42. The van der Waals surface area contributed by atoms with E-state index in [2.05, 4.69) is 37.8 Å². The summed E-state index contributed by atoms with van der Waals surface area (Å²) >= 11 is 0. The van der Waals surface area contributed by atoms with Crippen LogP contribution in [0.4, 0.5) is 0 Å². The molecule has 0 bridgehead atoms. The van der Waals surface area contributed by atoms with Crippen LogP contribution in [-0.4, -0.2) is 24.0 Å². The fraction of sp³-hybridized carbons (Fsp3) is 0.600. The molecule has 17 heavy (non-hydrogen) atoms. The largest absolute Gasteiger partial charge is 0.327 e. The maximum atomic E-state index is 6.04. The van der Waals surface area contributed by atoms with Crippen molar-refractivity contribution in [2.45, 2.75) is 46.2 Å². The lowest BCUT2D eigenvalue weighted by atomic mass is 9.98. The first kappa shape index (κ1) is 12.6. The molecule has 1 aromatic carbocycles. The SMILES string of the molecule is Cc1cc(C)c(CN2CCC[C@@H](N)C2)c(C)c1. The Balaban J connectivity index is 2.12. The van der Waals surface area contributed by atoms with E-state index < -0.39 is 0 Å². The molecule has 1 atom stereocenters. The summed E-state index contributed by atoms with van der Waals surface area (Å²) in [5, 5.41) is 0. The number of rotatable bonds is 2. The van der Waals surface area contributed by atoms with Gasteiger partial charge in [0.2, 0.25) is 0 Å². The van der Waals surface area contributed by atoms with E-state index in [1.807, 2.05) is 0 Å². The Bertz CT molecular complexity index is 375. The molecule has 0 aliphatic carbocycles. The minimum Gasteiger partial charge on any atom is -0.327 e. The molecule has 2 N–H and O–H groups in total. The van der Waals surface area contributed by atoms with Crippen LogP contribution in [0, 0.1) is 20.8 Å². The number of benzene rings is 1. The molecule has 2 heteroatoms. The van der Waals surface area contributed by atoms with Gasteiger partial charge in [0.15, 0.2) is 0 Å². The van der Waals surface area contributed by atoms with Crippen molar-refractivity contribution in [3.8, 4) is 0 Å². The van der Waals surface area contributed by atoms with Crippen LogP contribution in [0.3, 0.4) is 0 Å². The van der Waals surface area contributed by atoms with Gasteiger partial charge in [-0.25, -0.2) is 0 Å². The van der Waals surface area contributed by atoms with Crippen LogP contribution in [0.15, 0.2) is 12.1 Å². The molecule has 1 heterocycles. The van der Waals surface area contributed by atoms with Crippen molar-refractivity contribution >= 4 is 0 Å². The highest BCUT2D eigenvalue weighted by Crippen LogP contribution is 2.20. The molecular formula is C15H24N2. The number of nitrogens with two attached hydrogens (primary N) is 1. The Labute approximate surface area is 105 Å². The standard InChI is InChI=1S/C15H24N2/c1-11-7-12(2)15(13(3)8-11)10-17-6-4-5-14(16)9-17/h7-8,14H,4-6,9-10,16H2,1-3H3/t14-/m1/s1. The summed E-state index contributed by atoms with van der Waals surface area (Å²) in [4.78, 5) is 2.50. The normalized spacial score (nSPS) is 21.8. The summed E-state index contributed by atoms with van der Waals surface area (Å²) in [5.74, 6) is 0. The summed E-state index contributed by atoms with van der Waals surface area (Å²) in [5.41, 5.74) is 11.7. The van der Waals surface area contributed by atoms with E-state index >= 15 is 0 Å². The minimum absolute atomic E-state index is 0.370. The number of hydrogen-bond acceptors (Lipinski definition) is 2. The topological polar surface area (TPSA) is 29.3 Å². The number of piperidine rings is 1. The van der Waals surface area contributed by atoms with Crippen molar-refractivity contribution < 1.29 is 0 Å². The zero-order valence-corrected chi connectivity index (χ0v) is 11.3. The Hall–Kier alpha value is -0.860. The zero-order valence-electron chi connectivity index (χ0n) is 11.3. The molecule has 0 amide bonds. The van der Waals surface area contributed by atoms with E-state index in [1.54, 1.807) is 0 Å². The molecular weight excluding hydrogens is 208 g/mol. The Morgan fingerprint density at radius 2 is 1.88 bits per heavy atom. The average molecular weight is 232 g/mol. The van der Waals surface area contributed by atoms with Crippen LogP contribution >= 0.6 is 0 Å². The van der Waals surface area contributed by atoms with Gasteiger partial charge in [-0.3, -0.25) is 4.90 Å². The Kier molecular flexibility index (Phi) is 3.85. The number of aryl methyl sites for hydroxylation is 3. The summed E-state index contributed by atoms with van der Waals surface area (Å²) in [6.45, 7) is 9.91. The molecule has 1 aliphatic rings. The fourth-order valence-electron chi connectivity index (χ4n) is 2.92. The highest BCUT2D eigenvalue weighted by Gasteiger charge is 2.17. The fourth-order valence-corrected chi connectivity index (χ4v) is 2.92. The third-order valence-electron chi connectivity index (χ3n) is 3.76. The van der Waals surface area contributed by atoms with Crippen LogP contribution in [0.1, 0.15) is 35.1 Å². The maximum absolute atomic E-state index is 6.04. The second-order valence-electron chi connectivity index (χ2n) is 5.51. The van der Waals surface area contributed by atoms with E-state index in [0.717, 1.165) is 13.1 Å². The second-order valence-corrected chi connectivity index (χ2v) is 5.51. The third-order valence-corrected chi connectivity index (χ3v) is 3.76. The smallest absolute Gasteiger partial charge is 0.0239 e. The monoisotopic (exact) mass is 232 g/mol. The summed E-state index contributed by atoms with van der Waals surface area (Å²) in [6.07, 6.45) is 2.42. The van der Waals surface area contributed by atoms with Gasteiger partial charge in [-0.1, -0.05) is 17.7 Å². The molecule has 0 spiro atoms. The van der Waals surface area contributed by atoms with Gasteiger partial charge in [-0.2, -0.15) is 0 Å². The first-order chi connectivity index (χ1) is 8.06. The number of hydrogen-bond donors (Lipinski definition) is 1. The zero-order chi connectivity index (χ0) is 12.4. The lowest BCUT2D eigenvalue weighted by molar-refractivity contribution is 0.201. The van der Waals surface area contributed by atoms with Crippen LogP contribution < -0.4 is 5.73 Å².